The SMILES string of the molecule is Cc1cc2ncn(CCC(N)=[NH+]O)c2cc1C. The predicted molar refractivity (Wildman–Crippen MR) is 65.8 cm³/mol. The highest BCUT2D eigenvalue weighted by Crippen LogP contribution is 2.18. The summed E-state index contributed by atoms with van der Waals surface area (Å²) in [6.45, 7) is 4.86. The topological polar surface area (TPSA) is 78.0 Å². The second-order valence-electron chi connectivity index (χ2n) is 4.25. The molecule has 2 aromatic rings. The maximum Gasteiger partial charge on any atom is 0.280 e. The van der Waals surface area contributed by atoms with Gasteiger partial charge in [-0.05, 0) is 37.1 Å². The van der Waals surface area contributed by atoms with Crippen LogP contribution >= 0.6 is 0 Å². The van der Waals surface area contributed by atoms with Crippen molar-refractivity contribution in [3.05, 3.63) is 29.6 Å². The van der Waals surface area contributed by atoms with Crippen LogP contribution in [0.3, 0.4) is 0 Å². The van der Waals surface area contributed by atoms with Gasteiger partial charge in [-0.2, -0.15) is 0 Å². The number of nitrogens with two attached hydrogens (primary N) is 1. The summed E-state index contributed by atoms with van der Waals surface area (Å²) in [7, 11) is 0. The molecule has 0 atom stereocenters. The third-order valence-corrected chi connectivity index (χ3v) is 3.00. The number of benzene rings is 1. The first-order chi connectivity index (χ1) is 8.11. The minimum Gasteiger partial charge on any atom is -0.357 e. The van der Waals surface area contributed by atoms with Crippen LogP contribution in [0, 0.1) is 13.8 Å². The van der Waals surface area contributed by atoms with Crippen LogP contribution in [0.2, 0.25) is 0 Å². The van der Waals surface area contributed by atoms with Gasteiger partial charge in [0.1, 0.15) is 0 Å². The maximum atomic E-state index is 8.62. The van der Waals surface area contributed by atoms with Crippen LogP contribution in [0.5, 0.6) is 0 Å². The first kappa shape index (κ1) is 11.4. The molecule has 1 aromatic carbocycles. The molecule has 0 bridgehead atoms. The Labute approximate surface area is 99.6 Å². The van der Waals surface area contributed by atoms with Crippen molar-refractivity contribution in [1.82, 2.24) is 9.55 Å². The van der Waals surface area contributed by atoms with Gasteiger partial charge in [0.25, 0.3) is 5.84 Å². The molecule has 0 radical (unpaired) electrons. The van der Waals surface area contributed by atoms with E-state index in [-0.39, 0.29) is 0 Å². The largest absolute Gasteiger partial charge is 0.357 e. The minimum absolute atomic E-state index is 0.357. The van der Waals surface area contributed by atoms with Crippen molar-refractivity contribution in [2.75, 3.05) is 0 Å². The summed E-state index contributed by atoms with van der Waals surface area (Å²) < 4.78 is 2.03. The third-order valence-electron chi connectivity index (χ3n) is 3.00. The van der Waals surface area contributed by atoms with Crippen molar-refractivity contribution in [3.8, 4) is 0 Å². The van der Waals surface area contributed by atoms with Crippen molar-refractivity contribution in [2.24, 2.45) is 5.73 Å². The van der Waals surface area contributed by atoms with E-state index >= 15 is 0 Å². The summed E-state index contributed by atoms with van der Waals surface area (Å²) in [6.07, 6.45) is 2.36. The van der Waals surface area contributed by atoms with Gasteiger partial charge in [0, 0.05) is 6.54 Å². The highest BCUT2D eigenvalue weighted by atomic mass is 16.4. The Balaban J connectivity index is 2.33. The number of imidazole rings is 1. The number of rotatable bonds is 3. The summed E-state index contributed by atoms with van der Waals surface area (Å²) in [6, 6.07) is 4.21. The van der Waals surface area contributed by atoms with Crippen molar-refractivity contribution in [2.45, 2.75) is 26.8 Å². The Kier molecular flexibility index (Phi) is 2.99. The summed E-state index contributed by atoms with van der Waals surface area (Å²) in [5, 5.41) is 10.6. The first-order valence-corrected chi connectivity index (χ1v) is 5.55. The van der Waals surface area contributed by atoms with Crippen LogP contribution in [0.4, 0.5) is 0 Å². The normalized spacial score (nSPS) is 12.2. The van der Waals surface area contributed by atoms with Gasteiger partial charge in [0.2, 0.25) is 0 Å². The van der Waals surface area contributed by atoms with E-state index in [0.29, 0.717) is 18.8 Å². The van der Waals surface area contributed by atoms with Crippen molar-refractivity contribution in [3.63, 3.8) is 0 Å². The molecule has 0 aliphatic heterocycles. The molecule has 0 saturated heterocycles. The van der Waals surface area contributed by atoms with Crippen molar-refractivity contribution >= 4 is 16.9 Å². The summed E-state index contributed by atoms with van der Waals surface area (Å²) in [4.78, 5) is 4.35. The summed E-state index contributed by atoms with van der Waals surface area (Å²) in [5.74, 6) is 0.357. The van der Waals surface area contributed by atoms with Gasteiger partial charge in [-0.1, -0.05) is 5.16 Å². The van der Waals surface area contributed by atoms with E-state index in [2.05, 4.69) is 31.0 Å². The monoisotopic (exact) mass is 233 g/mol. The molecule has 17 heavy (non-hydrogen) atoms. The molecule has 0 aliphatic rings. The molecule has 1 heterocycles. The highest BCUT2D eigenvalue weighted by molar-refractivity contribution is 5.78. The molecule has 0 amide bonds. The molecule has 0 unspecified atom stereocenters. The van der Waals surface area contributed by atoms with Gasteiger partial charge in [-0.15, -0.1) is 0 Å². The lowest BCUT2D eigenvalue weighted by atomic mass is 10.1. The number of hydrogen-bond donors (Lipinski definition) is 3. The quantitative estimate of drug-likeness (QED) is 0.299. The Bertz CT molecular complexity index is 571. The molecular weight excluding hydrogens is 216 g/mol. The van der Waals surface area contributed by atoms with E-state index in [0.717, 1.165) is 11.0 Å². The fourth-order valence-electron chi connectivity index (χ4n) is 1.79. The number of fused-ring (bicyclic) bond motifs is 1. The molecular formula is C12H17N4O+. The third kappa shape index (κ3) is 2.22. The number of amidine groups is 1. The van der Waals surface area contributed by atoms with Crippen molar-refractivity contribution < 1.29 is 10.4 Å². The Morgan fingerprint density at radius 2 is 2.12 bits per heavy atom. The molecule has 0 saturated carbocycles. The average molecular weight is 233 g/mol. The highest BCUT2D eigenvalue weighted by Gasteiger charge is 2.06. The van der Waals surface area contributed by atoms with E-state index in [9.17, 15) is 0 Å². The van der Waals surface area contributed by atoms with Crippen LogP contribution in [0.25, 0.3) is 11.0 Å². The van der Waals surface area contributed by atoms with Gasteiger partial charge >= 0.3 is 0 Å². The predicted octanol–water partition coefficient (Wildman–Crippen LogP) is -0.130. The number of hydrogen-bond acceptors (Lipinski definition) is 2. The standard InChI is InChI=1S/C12H16N4O/c1-8-5-10-11(6-9(8)2)16(7-14-10)4-3-12(13)15-17/h5-7,17H,3-4H2,1-2H3,(H2,13,15)/p+1. The van der Waals surface area contributed by atoms with Crippen LogP contribution in [0.15, 0.2) is 18.5 Å². The van der Waals surface area contributed by atoms with Crippen molar-refractivity contribution in [1.29, 1.82) is 0 Å². The van der Waals surface area contributed by atoms with E-state index < -0.39 is 0 Å². The molecule has 5 heteroatoms. The van der Waals surface area contributed by atoms with E-state index in [1.165, 1.54) is 11.1 Å². The zero-order valence-electron chi connectivity index (χ0n) is 10.1. The summed E-state index contributed by atoms with van der Waals surface area (Å²) >= 11 is 0. The van der Waals surface area contributed by atoms with Crippen LogP contribution in [-0.4, -0.2) is 20.6 Å². The molecule has 2 rings (SSSR count). The fraction of sp³-hybridized carbons (Fsp3) is 0.333. The molecule has 1 aromatic heterocycles. The molecule has 0 aliphatic carbocycles. The van der Waals surface area contributed by atoms with E-state index in [1.807, 2.05) is 9.72 Å². The number of aromatic nitrogens is 2. The van der Waals surface area contributed by atoms with E-state index in [4.69, 9.17) is 10.9 Å². The smallest absolute Gasteiger partial charge is 0.280 e. The van der Waals surface area contributed by atoms with Gasteiger partial charge in [-0.25, -0.2) is 4.98 Å². The second kappa shape index (κ2) is 4.45. The Morgan fingerprint density at radius 3 is 2.82 bits per heavy atom. The fourth-order valence-corrected chi connectivity index (χ4v) is 1.79. The number of aryl methyl sites for hydroxylation is 3. The zero-order chi connectivity index (χ0) is 12.4. The minimum atomic E-state index is 0.357. The van der Waals surface area contributed by atoms with Gasteiger partial charge in [0.05, 0.1) is 23.8 Å². The van der Waals surface area contributed by atoms with Crippen LogP contribution in [0.1, 0.15) is 17.5 Å². The molecule has 0 fully saturated rings. The lowest BCUT2D eigenvalue weighted by Gasteiger charge is -2.04. The van der Waals surface area contributed by atoms with Gasteiger partial charge < -0.3 is 9.77 Å². The van der Waals surface area contributed by atoms with Crippen LogP contribution in [-0.2, 0) is 6.54 Å². The Morgan fingerprint density at radius 1 is 1.41 bits per heavy atom. The molecule has 5 nitrogen and oxygen atoms in total. The number of nitrogens with zero attached hydrogens (tertiary/aromatic N) is 2. The zero-order valence-corrected chi connectivity index (χ0v) is 10.1. The van der Waals surface area contributed by atoms with Gasteiger partial charge in [0.15, 0.2) is 0 Å². The number of nitrogens with one attached hydrogen (secondary N) is 1. The maximum absolute atomic E-state index is 8.62. The van der Waals surface area contributed by atoms with Gasteiger partial charge in [-0.3, -0.25) is 5.73 Å². The lowest BCUT2D eigenvalue weighted by Crippen LogP contribution is -2.71. The first-order valence-electron chi connectivity index (χ1n) is 5.55. The van der Waals surface area contributed by atoms with E-state index in [1.54, 1.807) is 6.33 Å². The molecule has 4 N–H and O–H groups in total. The Hall–Kier alpha value is -2.04. The molecule has 0 spiro atoms. The molecule has 90 valence electrons. The second-order valence-corrected chi connectivity index (χ2v) is 4.25. The summed E-state index contributed by atoms with van der Waals surface area (Å²) in [5.41, 5.74) is 10.1. The lowest BCUT2D eigenvalue weighted by molar-refractivity contribution is -0.739. The average Bonchev–Trinajstić information content (AvgIpc) is 2.69. The van der Waals surface area contributed by atoms with Crippen LogP contribution < -0.4 is 10.9 Å².